The zero-order valence-corrected chi connectivity index (χ0v) is 9.70. The normalized spacial score (nSPS) is 13.4. The summed E-state index contributed by atoms with van der Waals surface area (Å²) in [6.45, 7) is 4.72. The van der Waals surface area contributed by atoms with Gasteiger partial charge in [0.2, 0.25) is 0 Å². The number of nitrogens with zero attached hydrogens (tertiary/aromatic N) is 1. The van der Waals surface area contributed by atoms with Gasteiger partial charge in [0.25, 0.3) is 0 Å². The average Bonchev–Trinajstić information content (AvgIpc) is 2.63. The van der Waals surface area contributed by atoms with Crippen molar-refractivity contribution in [3.05, 3.63) is 17.7 Å². The van der Waals surface area contributed by atoms with Crippen molar-refractivity contribution >= 4 is 0 Å². The third kappa shape index (κ3) is 3.30. The van der Waals surface area contributed by atoms with Gasteiger partial charge in [0.1, 0.15) is 0 Å². The van der Waals surface area contributed by atoms with E-state index < -0.39 is 0 Å². The molecular formula is C10H19N3O2. The summed E-state index contributed by atoms with van der Waals surface area (Å²) < 4.78 is 10.3. The number of hydrogen-bond donors (Lipinski definition) is 2. The van der Waals surface area contributed by atoms with Crippen LogP contribution in [0.2, 0.25) is 0 Å². The lowest BCUT2D eigenvalue weighted by molar-refractivity contribution is -0.119. The monoisotopic (exact) mass is 213 g/mol. The van der Waals surface area contributed by atoms with Crippen molar-refractivity contribution in [1.82, 2.24) is 15.3 Å². The molecule has 15 heavy (non-hydrogen) atoms. The number of aromatic nitrogens is 2. The van der Waals surface area contributed by atoms with Crippen LogP contribution in [0.4, 0.5) is 0 Å². The molecule has 1 atom stereocenters. The number of aromatic amines is 1. The molecule has 1 aromatic rings. The summed E-state index contributed by atoms with van der Waals surface area (Å²) in [4.78, 5) is 7.23. The molecule has 1 heterocycles. The van der Waals surface area contributed by atoms with Gasteiger partial charge in [0.05, 0.1) is 18.1 Å². The fourth-order valence-electron chi connectivity index (χ4n) is 1.42. The van der Waals surface area contributed by atoms with E-state index in [4.69, 9.17) is 9.47 Å². The highest BCUT2D eigenvalue weighted by molar-refractivity contribution is 5.08. The van der Waals surface area contributed by atoms with E-state index in [1.807, 2.05) is 13.8 Å². The number of imidazole rings is 1. The molecule has 0 radical (unpaired) electrons. The average molecular weight is 213 g/mol. The summed E-state index contributed by atoms with van der Waals surface area (Å²) in [5, 5.41) is 3.30. The summed E-state index contributed by atoms with van der Waals surface area (Å²) >= 11 is 0. The molecule has 0 amide bonds. The van der Waals surface area contributed by atoms with Gasteiger partial charge in [-0.25, -0.2) is 4.98 Å². The molecule has 0 fully saturated rings. The standard InChI is InChI=1S/C10H19N3O2/c1-7-9(13-6-12-7)5-11-8(2)10(14-3)15-4/h6,8,10-11H,5H2,1-4H3,(H,12,13). The zero-order chi connectivity index (χ0) is 11.3. The molecule has 5 heteroatoms. The Bertz CT molecular complexity index is 284. The fourth-order valence-corrected chi connectivity index (χ4v) is 1.42. The van der Waals surface area contributed by atoms with E-state index in [1.165, 1.54) is 0 Å². The second-order valence-corrected chi connectivity index (χ2v) is 3.48. The van der Waals surface area contributed by atoms with Gasteiger partial charge in [-0.2, -0.15) is 0 Å². The van der Waals surface area contributed by atoms with Crippen molar-refractivity contribution in [1.29, 1.82) is 0 Å². The third-order valence-electron chi connectivity index (χ3n) is 2.40. The number of nitrogens with one attached hydrogen (secondary N) is 2. The van der Waals surface area contributed by atoms with E-state index in [2.05, 4.69) is 15.3 Å². The van der Waals surface area contributed by atoms with Crippen LogP contribution in [0.1, 0.15) is 18.3 Å². The van der Waals surface area contributed by atoms with E-state index in [9.17, 15) is 0 Å². The lowest BCUT2D eigenvalue weighted by Gasteiger charge is -2.21. The predicted octanol–water partition coefficient (Wildman–Crippen LogP) is 0.815. The van der Waals surface area contributed by atoms with Crippen molar-refractivity contribution in [2.45, 2.75) is 32.7 Å². The van der Waals surface area contributed by atoms with Crippen molar-refractivity contribution < 1.29 is 9.47 Å². The van der Waals surface area contributed by atoms with E-state index in [0.717, 1.165) is 11.4 Å². The number of aryl methyl sites for hydroxylation is 1. The van der Waals surface area contributed by atoms with Gasteiger partial charge < -0.3 is 19.8 Å². The summed E-state index contributed by atoms with van der Waals surface area (Å²) in [5.74, 6) is 0. The molecule has 1 rings (SSSR count). The van der Waals surface area contributed by atoms with Crippen LogP contribution < -0.4 is 5.32 Å². The molecule has 5 nitrogen and oxygen atoms in total. The van der Waals surface area contributed by atoms with Gasteiger partial charge in [0, 0.05) is 26.5 Å². The summed E-state index contributed by atoms with van der Waals surface area (Å²) in [6, 6.07) is 0.121. The van der Waals surface area contributed by atoms with E-state index in [1.54, 1.807) is 20.5 Å². The molecule has 2 N–H and O–H groups in total. The van der Waals surface area contributed by atoms with Crippen LogP contribution in [-0.4, -0.2) is 36.5 Å². The fraction of sp³-hybridized carbons (Fsp3) is 0.700. The topological polar surface area (TPSA) is 59.2 Å². The first kappa shape index (κ1) is 12.2. The van der Waals surface area contributed by atoms with E-state index in [0.29, 0.717) is 6.54 Å². The first-order valence-corrected chi connectivity index (χ1v) is 4.96. The van der Waals surface area contributed by atoms with Gasteiger partial charge in [0.15, 0.2) is 6.29 Å². The molecule has 0 aliphatic carbocycles. The Kier molecular flexibility index (Phi) is 4.74. The molecule has 1 aromatic heterocycles. The van der Waals surface area contributed by atoms with Gasteiger partial charge in [-0.15, -0.1) is 0 Å². The quantitative estimate of drug-likeness (QED) is 0.687. The van der Waals surface area contributed by atoms with Crippen molar-refractivity contribution in [2.75, 3.05) is 14.2 Å². The second kappa shape index (κ2) is 5.85. The molecule has 86 valence electrons. The minimum absolute atomic E-state index is 0.121. The highest BCUT2D eigenvalue weighted by Gasteiger charge is 2.15. The summed E-state index contributed by atoms with van der Waals surface area (Å²) in [6.07, 6.45) is 1.46. The Hall–Kier alpha value is -0.910. The summed E-state index contributed by atoms with van der Waals surface area (Å²) in [7, 11) is 3.26. The Morgan fingerprint density at radius 1 is 1.47 bits per heavy atom. The maximum Gasteiger partial charge on any atom is 0.171 e. The lowest BCUT2D eigenvalue weighted by Crippen LogP contribution is -2.39. The Morgan fingerprint density at radius 2 is 2.13 bits per heavy atom. The highest BCUT2D eigenvalue weighted by Crippen LogP contribution is 2.03. The molecule has 0 saturated heterocycles. The molecule has 0 bridgehead atoms. The van der Waals surface area contributed by atoms with Crippen LogP contribution >= 0.6 is 0 Å². The molecule has 1 unspecified atom stereocenters. The SMILES string of the molecule is COC(OC)C(C)NCc1nc[nH]c1C. The molecule has 0 aliphatic rings. The Morgan fingerprint density at radius 3 is 2.60 bits per heavy atom. The Labute approximate surface area is 90.2 Å². The maximum atomic E-state index is 5.15. The zero-order valence-electron chi connectivity index (χ0n) is 9.70. The molecule has 0 spiro atoms. The number of ether oxygens (including phenoxy) is 2. The van der Waals surface area contributed by atoms with E-state index in [-0.39, 0.29) is 12.3 Å². The highest BCUT2D eigenvalue weighted by atomic mass is 16.7. The summed E-state index contributed by atoms with van der Waals surface area (Å²) in [5.41, 5.74) is 2.11. The number of H-pyrrole nitrogens is 1. The molecule has 0 aromatic carbocycles. The minimum atomic E-state index is -0.232. The smallest absolute Gasteiger partial charge is 0.171 e. The molecule has 0 saturated carbocycles. The lowest BCUT2D eigenvalue weighted by atomic mass is 10.3. The van der Waals surface area contributed by atoms with Crippen molar-refractivity contribution in [2.24, 2.45) is 0 Å². The first-order valence-electron chi connectivity index (χ1n) is 4.96. The van der Waals surface area contributed by atoms with Gasteiger partial charge >= 0.3 is 0 Å². The minimum Gasteiger partial charge on any atom is -0.354 e. The largest absolute Gasteiger partial charge is 0.354 e. The van der Waals surface area contributed by atoms with E-state index >= 15 is 0 Å². The van der Waals surface area contributed by atoms with Gasteiger partial charge in [-0.05, 0) is 13.8 Å². The molecular weight excluding hydrogens is 194 g/mol. The number of rotatable bonds is 6. The van der Waals surface area contributed by atoms with Crippen molar-refractivity contribution in [3.8, 4) is 0 Å². The van der Waals surface area contributed by atoms with Crippen molar-refractivity contribution in [3.63, 3.8) is 0 Å². The van der Waals surface area contributed by atoms with Crippen LogP contribution in [0.3, 0.4) is 0 Å². The Balaban J connectivity index is 2.40. The predicted molar refractivity (Wildman–Crippen MR) is 57.4 cm³/mol. The molecule has 0 aliphatic heterocycles. The van der Waals surface area contributed by atoms with Crippen LogP contribution in [0.15, 0.2) is 6.33 Å². The first-order chi connectivity index (χ1) is 7.19. The number of hydrogen-bond acceptors (Lipinski definition) is 4. The van der Waals surface area contributed by atoms with Crippen LogP contribution in [0.25, 0.3) is 0 Å². The van der Waals surface area contributed by atoms with Crippen LogP contribution in [0.5, 0.6) is 0 Å². The number of methoxy groups -OCH3 is 2. The maximum absolute atomic E-state index is 5.15. The third-order valence-corrected chi connectivity index (χ3v) is 2.40. The van der Waals surface area contributed by atoms with Crippen LogP contribution in [-0.2, 0) is 16.0 Å². The van der Waals surface area contributed by atoms with Crippen LogP contribution in [0, 0.1) is 6.92 Å². The van der Waals surface area contributed by atoms with Gasteiger partial charge in [-0.3, -0.25) is 0 Å². The van der Waals surface area contributed by atoms with Gasteiger partial charge in [-0.1, -0.05) is 0 Å². The second-order valence-electron chi connectivity index (χ2n) is 3.48.